The minimum atomic E-state index is -1.11. The van der Waals surface area contributed by atoms with Gasteiger partial charge in [0.2, 0.25) is 0 Å². The second kappa shape index (κ2) is 7.04. The van der Waals surface area contributed by atoms with Crippen molar-refractivity contribution < 1.29 is 19.8 Å². The summed E-state index contributed by atoms with van der Waals surface area (Å²) in [6.45, 7) is 3.88. The summed E-state index contributed by atoms with van der Waals surface area (Å²) in [6.07, 6.45) is 2.78. The third-order valence-electron chi connectivity index (χ3n) is 2.27. The molecule has 0 aromatic heterocycles. The molecule has 2 N–H and O–H groups in total. The normalized spacial score (nSPS) is 12.1. The Morgan fingerprint density at radius 1 is 1.13 bits per heavy atom. The molecule has 0 saturated carbocycles. The maximum absolute atomic E-state index is 10.9. The van der Waals surface area contributed by atoms with Gasteiger partial charge < -0.3 is 10.2 Å². The second-order valence-electron chi connectivity index (χ2n) is 3.41. The highest BCUT2D eigenvalue weighted by molar-refractivity contribution is 5.92. The van der Waals surface area contributed by atoms with Crippen LogP contribution in [0, 0.1) is 0 Å². The molecule has 0 aliphatic carbocycles. The van der Waals surface area contributed by atoms with E-state index in [-0.39, 0.29) is 12.0 Å². The van der Waals surface area contributed by atoms with Crippen molar-refractivity contribution in [2.75, 3.05) is 0 Å². The lowest BCUT2D eigenvalue weighted by Gasteiger charge is -2.08. The summed E-state index contributed by atoms with van der Waals surface area (Å²) < 4.78 is 0. The third kappa shape index (κ3) is 5.20. The summed E-state index contributed by atoms with van der Waals surface area (Å²) in [5, 5.41) is 17.5. The fourth-order valence-electron chi connectivity index (χ4n) is 1.43. The van der Waals surface area contributed by atoms with Gasteiger partial charge in [0.05, 0.1) is 6.42 Å². The number of allylic oxidation sites excluding steroid dienone is 1. The largest absolute Gasteiger partial charge is 0.481 e. The first-order chi connectivity index (χ1) is 7.02. The Morgan fingerprint density at radius 2 is 1.73 bits per heavy atom. The number of rotatable bonds is 7. The lowest BCUT2D eigenvalue weighted by molar-refractivity contribution is -0.139. The van der Waals surface area contributed by atoms with Crippen LogP contribution in [-0.2, 0) is 9.59 Å². The monoisotopic (exact) mass is 214 g/mol. The van der Waals surface area contributed by atoms with Crippen LogP contribution in [0.15, 0.2) is 11.1 Å². The molecular formula is C11H18O4. The first kappa shape index (κ1) is 13.7. The Morgan fingerprint density at radius 3 is 2.07 bits per heavy atom. The molecule has 0 aliphatic rings. The van der Waals surface area contributed by atoms with Crippen molar-refractivity contribution in [1.29, 1.82) is 0 Å². The first-order valence-corrected chi connectivity index (χ1v) is 5.18. The molecule has 4 heteroatoms. The predicted molar refractivity (Wildman–Crippen MR) is 56.7 cm³/mol. The quantitative estimate of drug-likeness (QED) is 0.638. The van der Waals surface area contributed by atoms with Crippen molar-refractivity contribution in [3.63, 3.8) is 0 Å². The van der Waals surface area contributed by atoms with E-state index in [2.05, 4.69) is 0 Å². The van der Waals surface area contributed by atoms with Gasteiger partial charge in [0.25, 0.3) is 0 Å². The van der Waals surface area contributed by atoms with Crippen molar-refractivity contribution in [3.8, 4) is 0 Å². The van der Waals surface area contributed by atoms with Crippen molar-refractivity contribution in [3.05, 3.63) is 11.1 Å². The van der Waals surface area contributed by atoms with E-state index in [1.807, 2.05) is 13.8 Å². The van der Waals surface area contributed by atoms with Gasteiger partial charge >= 0.3 is 11.9 Å². The zero-order valence-corrected chi connectivity index (χ0v) is 9.25. The molecule has 0 unspecified atom stereocenters. The minimum Gasteiger partial charge on any atom is -0.481 e. The van der Waals surface area contributed by atoms with Crippen molar-refractivity contribution in [1.82, 2.24) is 0 Å². The van der Waals surface area contributed by atoms with Crippen molar-refractivity contribution >= 4 is 11.9 Å². The van der Waals surface area contributed by atoms with Gasteiger partial charge in [0.1, 0.15) is 0 Å². The first-order valence-electron chi connectivity index (χ1n) is 5.18. The third-order valence-corrected chi connectivity index (χ3v) is 2.27. The average Bonchev–Trinajstić information content (AvgIpc) is 2.16. The van der Waals surface area contributed by atoms with E-state index in [9.17, 15) is 9.59 Å². The van der Waals surface area contributed by atoms with Gasteiger partial charge in [0, 0.05) is 5.57 Å². The molecule has 15 heavy (non-hydrogen) atoms. The van der Waals surface area contributed by atoms with Gasteiger partial charge in [-0.2, -0.15) is 0 Å². The highest BCUT2D eigenvalue weighted by atomic mass is 16.4. The molecule has 0 aromatic carbocycles. The number of carboxylic acid groups (broad SMARTS) is 2. The highest BCUT2D eigenvalue weighted by Crippen LogP contribution is 2.19. The Bertz CT molecular complexity index is 266. The zero-order chi connectivity index (χ0) is 11.8. The molecule has 4 nitrogen and oxygen atoms in total. The summed E-state index contributed by atoms with van der Waals surface area (Å²) in [4.78, 5) is 21.4. The summed E-state index contributed by atoms with van der Waals surface area (Å²) in [6, 6.07) is 0. The van der Waals surface area contributed by atoms with Gasteiger partial charge in [-0.1, -0.05) is 25.8 Å². The fraction of sp³-hybridized carbons (Fsp3) is 0.636. The summed E-state index contributed by atoms with van der Waals surface area (Å²) in [5.41, 5.74) is 0.810. The van der Waals surface area contributed by atoms with Gasteiger partial charge in [-0.25, -0.2) is 4.79 Å². The van der Waals surface area contributed by atoms with Crippen molar-refractivity contribution in [2.24, 2.45) is 0 Å². The van der Waals surface area contributed by atoms with E-state index < -0.39 is 11.9 Å². The van der Waals surface area contributed by atoms with E-state index in [4.69, 9.17) is 10.2 Å². The minimum absolute atomic E-state index is 0.0541. The number of unbranched alkanes of at least 4 members (excludes halogenated alkanes) is 1. The van der Waals surface area contributed by atoms with Crippen LogP contribution in [0.3, 0.4) is 0 Å². The lowest BCUT2D eigenvalue weighted by Crippen LogP contribution is -2.10. The molecule has 0 spiro atoms. The van der Waals surface area contributed by atoms with Crippen LogP contribution in [0.25, 0.3) is 0 Å². The number of hydrogen-bond acceptors (Lipinski definition) is 2. The van der Waals surface area contributed by atoms with Gasteiger partial charge in [-0.3, -0.25) is 4.79 Å². The van der Waals surface area contributed by atoms with Crippen LogP contribution < -0.4 is 0 Å². The molecule has 0 saturated heterocycles. The molecule has 0 amide bonds. The van der Waals surface area contributed by atoms with Crippen LogP contribution in [-0.4, -0.2) is 22.2 Å². The Labute approximate surface area is 89.6 Å². The molecule has 86 valence electrons. The van der Waals surface area contributed by atoms with Crippen molar-refractivity contribution in [2.45, 2.75) is 46.0 Å². The van der Waals surface area contributed by atoms with E-state index in [0.717, 1.165) is 18.4 Å². The molecule has 0 fully saturated rings. The molecule has 0 heterocycles. The smallest absolute Gasteiger partial charge is 0.332 e. The molecule has 0 bridgehead atoms. The van der Waals surface area contributed by atoms with Crippen LogP contribution in [0.2, 0.25) is 0 Å². The van der Waals surface area contributed by atoms with Crippen LogP contribution in [0.4, 0.5) is 0 Å². The topological polar surface area (TPSA) is 74.6 Å². The van der Waals surface area contributed by atoms with Crippen LogP contribution in [0.5, 0.6) is 0 Å². The van der Waals surface area contributed by atoms with Gasteiger partial charge in [-0.15, -0.1) is 0 Å². The van der Waals surface area contributed by atoms with E-state index in [1.54, 1.807) is 0 Å². The highest BCUT2D eigenvalue weighted by Gasteiger charge is 2.16. The second-order valence-corrected chi connectivity index (χ2v) is 3.41. The SMILES string of the molecule is CCCCC(CC)=C(CC(=O)O)C(=O)O. The predicted octanol–water partition coefficient (Wildman–Crippen LogP) is 2.44. The number of carbonyl (C=O) groups is 2. The number of aliphatic carboxylic acids is 2. The standard InChI is InChI=1S/C11H18O4/c1-3-5-6-8(4-2)9(11(14)15)7-10(12)13/h3-7H2,1-2H3,(H,12,13)(H,14,15). The average molecular weight is 214 g/mol. The lowest BCUT2D eigenvalue weighted by atomic mass is 9.98. The Hall–Kier alpha value is -1.32. The summed E-state index contributed by atoms with van der Waals surface area (Å²) >= 11 is 0. The molecule has 0 aliphatic heterocycles. The number of carboxylic acids is 2. The van der Waals surface area contributed by atoms with Gasteiger partial charge in [-0.05, 0) is 19.3 Å². The van der Waals surface area contributed by atoms with E-state index in [1.165, 1.54) is 0 Å². The van der Waals surface area contributed by atoms with Gasteiger partial charge in [0.15, 0.2) is 0 Å². The molecule has 0 rings (SSSR count). The van der Waals surface area contributed by atoms with Crippen LogP contribution in [0.1, 0.15) is 46.0 Å². The fourth-order valence-corrected chi connectivity index (χ4v) is 1.43. The Kier molecular flexibility index (Phi) is 6.42. The Balaban J connectivity index is 4.82. The maximum Gasteiger partial charge on any atom is 0.332 e. The summed E-state index contributed by atoms with van der Waals surface area (Å²) in [7, 11) is 0. The number of hydrogen-bond donors (Lipinski definition) is 2. The maximum atomic E-state index is 10.9. The molecule has 0 aromatic rings. The summed E-state index contributed by atoms with van der Waals surface area (Å²) in [5.74, 6) is -2.19. The van der Waals surface area contributed by atoms with E-state index >= 15 is 0 Å². The zero-order valence-electron chi connectivity index (χ0n) is 9.25. The van der Waals surface area contributed by atoms with Crippen LogP contribution >= 0.6 is 0 Å². The molecular weight excluding hydrogens is 196 g/mol. The molecule has 0 atom stereocenters. The van der Waals surface area contributed by atoms with E-state index in [0.29, 0.717) is 12.8 Å². The molecule has 0 radical (unpaired) electrons.